The van der Waals surface area contributed by atoms with E-state index in [2.05, 4.69) is 5.32 Å². The van der Waals surface area contributed by atoms with Crippen LogP contribution in [0.3, 0.4) is 0 Å². The van der Waals surface area contributed by atoms with Crippen molar-refractivity contribution in [3.05, 3.63) is 0 Å². The van der Waals surface area contributed by atoms with Crippen LogP contribution in [0.5, 0.6) is 0 Å². The van der Waals surface area contributed by atoms with Gasteiger partial charge in [-0.05, 0) is 24.7 Å². The van der Waals surface area contributed by atoms with Crippen molar-refractivity contribution in [1.82, 2.24) is 5.32 Å². The van der Waals surface area contributed by atoms with E-state index in [1.807, 2.05) is 0 Å². The molecule has 0 aromatic carbocycles. The molecule has 0 bridgehead atoms. The van der Waals surface area contributed by atoms with E-state index in [1.165, 1.54) is 19.3 Å². The van der Waals surface area contributed by atoms with Crippen LogP contribution in [0.1, 0.15) is 19.3 Å². The highest BCUT2D eigenvalue weighted by Crippen LogP contribution is 2.51. The van der Waals surface area contributed by atoms with Gasteiger partial charge in [0.25, 0.3) is 0 Å². The van der Waals surface area contributed by atoms with Gasteiger partial charge in [0, 0.05) is 12.6 Å². The minimum atomic E-state index is 0. The highest BCUT2D eigenvalue weighted by Gasteiger charge is 2.47. The van der Waals surface area contributed by atoms with Crippen LogP contribution in [0, 0.1) is 5.41 Å². The molecule has 10 heavy (non-hydrogen) atoms. The number of hydrogen-bond acceptors (Lipinski definition) is 2. The predicted octanol–water partition coefficient (Wildman–Crippen LogP) is 0.543. The molecule has 0 aromatic heterocycles. The second kappa shape index (κ2) is 2.68. The Hall–Kier alpha value is 0.210. The molecule has 1 spiro atoms. The van der Waals surface area contributed by atoms with E-state index < -0.39 is 0 Å². The topological polar surface area (TPSA) is 32.3 Å². The summed E-state index contributed by atoms with van der Waals surface area (Å²) >= 11 is 0. The molecular formula is C7H14ClNO. The van der Waals surface area contributed by atoms with Gasteiger partial charge in [0.05, 0.1) is 6.61 Å². The van der Waals surface area contributed by atoms with Crippen LogP contribution in [-0.2, 0) is 0 Å². The second-order valence-corrected chi connectivity index (χ2v) is 3.46. The zero-order valence-corrected chi connectivity index (χ0v) is 6.78. The van der Waals surface area contributed by atoms with Gasteiger partial charge in [-0.15, -0.1) is 12.4 Å². The molecule has 0 amide bonds. The van der Waals surface area contributed by atoms with Gasteiger partial charge in [0.15, 0.2) is 0 Å². The number of hydrogen-bond donors (Lipinski definition) is 2. The summed E-state index contributed by atoms with van der Waals surface area (Å²) in [5.41, 5.74) is 0.646. The molecule has 2 fully saturated rings. The highest BCUT2D eigenvalue weighted by atomic mass is 35.5. The van der Waals surface area contributed by atoms with Crippen molar-refractivity contribution in [2.45, 2.75) is 25.3 Å². The summed E-state index contributed by atoms with van der Waals surface area (Å²) in [5, 5.41) is 12.1. The van der Waals surface area contributed by atoms with Crippen LogP contribution in [0.15, 0.2) is 0 Å². The molecule has 1 atom stereocenters. The lowest BCUT2D eigenvalue weighted by atomic mass is 10.0. The first-order valence-corrected chi connectivity index (χ1v) is 3.69. The molecule has 2 aliphatic rings. The summed E-state index contributed by atoms with van der Waals surface area (Å²) in [6.45, 7) is 1.47. The maximum absolute atomic E-state index is 8.76. The van der Waals surface area contributed by atoms with Gasteiger partial charge >= 0.3 is 0 Å². The SMILES string of the molecule is Cl.OC[C@H]1CC2(CC2)CN1. The zero-order chi connectivity index (χ0) is 6.32. The summed E-state index contributed by atoms with van der Waals surface area (Å²) in [6.07, 6.45) is 3.98. The third-order valence-electron chi connectivity index (χ3n) is 2.62. The Morgan fingerprint density at radius 1 is 1.50 bits per heavy atom. The number of rotatable bonds is 1. The molecule has 2 rings (SSSR count). The summed E-state index contributed by atoms with van der Waals surface area (Å²) < 4.78 is 0. The molecule has 60 valence electrons. The standard InChI is InChI=1S/C7H13NO.ClH/c9-4-6-3-7(1-2-7)5-8-6;/h6,8-9H,1-5H2;1H/t6-;/m1./s1. The first kappa shape index (κ1) is 8.31. The molecule has 0 unspecified atom stereocenters. The fourth-order valence-electron chi connectivity index (χ4n) is 1.71. The monoisotopic (exact) mass is 163 g/mol. The Morgan fingerprint density at radius 3 is 2.50 bits per heavy atom. The van der Waals surface area contributed by atoms with Gasteiger partial charge in [-0.25, -0.2) is 0 Å². The molecule has 0 aromatic rings. The quantitative estimate of drug-likeness (QED) is 0.592. The van der Waals surface area contributed by atoms with Crippen molar-refractivity contribution in [1.29, 1.82) is 0 Å². The first-order valence-electron chi connectivity index (χ1n) is 3.69. The Kier molecular flexibility index (Phi) is 2.23. The van der Waals surface area contributed by atoms with E-state index in [-0.39, 0.29) is 12.4 Å². The Balaban J connectivity index is 0.000000500. The van der Waals surface area contributed by atoms with E-state index in [0.29, 0.717) is 18.1 Å². The fourth-order valence-corrected chi connectivity index (χ4v) is 1.71. The fraction of sp³-hybridized carbons (Fsp3) is 1.00. The molecule has 1 aliphatic carbocycles. The molecule has 1 aliphatic heterocycles. The first-order chi connectivity index (χ1) is 4.35. The van der Waals surface area contributed by atoms with Crippen molar-refractivity contribution in [3.63, 3.8) is 0 Å². The van der Waals surface area contributed by atoms with E-state index in [0.717, 1.165) is 6.54 Å². The largest absolute Gasteiger partial charge is 0.395 e. The van der Waals surface area contributed by atoms with E-state index in [9.17, 15) is 0 Å². The average Bonchev–Trinajstić information content (AvgIpc) is 2.44. The zero-order valence-electron chi connectivity index (χ0n) is 5.97. The van der Waals surface area contributed by atoms with Crippen LogP contribution >= 0.6 is 12.4 Å². The molecular weight excluding hydrogens is 150 g/mol. The van der Waals surface area contributed by atoms with Gasteiger partial charge in [0.2, 0.25) is 0 Å². The second-order valence-electron chi connectivity index (χ2n) is 3.46. The molecule has 1 saturated carbocycles. The third kappa shape index (κ3) is 1.29. The van der Waals surface area contributed by atoms with Gasteiger partial charge in [-0.3, -0.25) is 0 Å². The minimum Gasteiger partial charge on any atom is -0.395 e. The van der Waals surface area contributed by atoms with E-state index in [4.69, 9.17) is 5.11 Å². The molecule has 0 radical (unpaired) electrons. The Bertz CT molecular complexity index is 125. The maximum Gasteiger partial charge on any atom is 0.0584 e. The number of aliphatic hydroxyl groups excluding tert-OH is 1. The molecule has 3 heteroatoms. The van der Waals surface area contributed by atoms with Crippen LogP contribution in [0.25, 0.3) is 0 Å². The smallest absolute Gasteiger partial charge is 0.0584 e. The molecule has 2 nitrogen and oxygen atoms in total. The Morgan fingerprint density at radius 2 is 2.20 bits per heavy atom. The van der Waals surface area contributed by atoms with Crippen LogP contribution in [0.4, 0.5) is 0 Å². The maximum atomic E-state index is 8.76. The normalized spacial score (nSPS) is 33.9. The average molecular weight is 164 g/mol. The van der Waals surface area contributed by atoms with Gasteiger partial charge < -0.3 is 10.4 Å². The van der Waals surface area contributed by atoms with E-state index >= 15 is 0 Å². The van der Waals surface area contributed by atoms with Crippen LogP contribution < -0.4 is 5.32 Å². The van der Waals surface area contributed by atoms with Crippen molar-refractivity contribution in [3.8, 4) is 0 Å². The summed E-state index contributed by atoms with van der Waals surface area (Å²) in [5.74, 6) is 0. The van der Waals surface area contributed by atoms with Crippen LogP contribution in [-0.4, -0.2) is 24.3 Å². The number of nitrogens with one attached hydrogen (secondary N) is 1. The van der Waals surface area contributed by atoms with Crippen LogP contribution in [0.2, 0.25) is 0 Å². The third-order valence-corrected chi connectivity index (χ3v) is 2.62. The molecule has 2 N–H and O–H groups in total. The highest BCUT2D eigenvalue weighted by molar-refractivity contribution is 5.85. The minimum absolute atomic E-state index is 0. The van der Waals surface area contributed by atoms with Crippen molar-refractivity contribution in [2.24, 2.45) is 5.41 Å². The van der Waals surface area contributed by atoms with Gasteiger partial charge in [-0.2, -0.15) is 0 Å². The van der Waals surface area contributed by atoms with Gasteiger partial charge in [-0.1, -0.05) is 0 Å². The van der Waals surface area contributed by atoms with E-state index in [1.54, 1.807) is 0 Å². The predicted molar refractivity (Wildman–Crippen MR) is 42.4 cm³/mol. The molecule has 1 heterocycles. The number of aliphatic hydroxyl groups is 1. The summed E-state index contributed by atoms with van der Waals surface area (Å²) in [4.78, 5) is 0. The lowest BCUT2D eigenvalue weighted by Gasteiger charge is -2.03. The van der Waals surface area contributed by atoms with Gasteiger partial charge in [0.1, 0.15) is 0 Å². The van der Waals surface area contributed by atoms with Crippen molar-refractivity contribution < 1.29 is 5.11 Å². The lowest BCUT2D eigenvalue weighted by Crippen LogP contribution is -2.24. The van der Waals surface area contributed by atoms with Crippen molar-refractivity contribution >= 4 is 12.4 Å². The summed E-state index contributed by atoms with van der Waals surface area (Å²) in [6, 6.07) is 0.410. The van der Waals surface area contributed by atoms with Crippen molar-refractivity contribution in [2.75, 3.05) is 13.2 Å². The number of halogens is 1. The summed E-state index contributed by atoms with van der Waals surface area (Å²) in [7, 11) is 0. The lowest BCUT2D eigenvalue weighted by molar-refractivity contribution is 0.252. The Labute approximate surface area is 67.4 Å². The molecule has 1 saturated heterocycles.